The second-order valence-corrected chi connectivity index (χ2v) is 3.78. The lowest BCUT2D eigenvalue weighted by Crippen LogP contribution is -2.38. The minimum Gasteiger partial charge on any atom is -0.376 e. The predicted octanol–water partition coefficient (Wildman–Crippen LogP) is 2.13. The third-order valence-corrected chi connectivity index (χ3v) is 2.61. The molecule has 4 heteroatoms. The molecule has 1 heterocycles. The van der Waals surface area contributed by atoms with Crippen LogP contribution in [0.2, 0.25) is 0 Å². The molecule has 0 aromatic heterocycles. The summed E-state index contributed by atoms with van der Waals surface area (Å²) in [6.45, 7) is 1.74. The Hall–Kier alpha value is -1.16. The Morgan fingerprint density at radius 3 is 2.60 bits per heavy atom. The second-order valence-electron chi connectivity index (χ2n) is 3.78. The highest BCUT2D eigenvalue weighted by atomic mass is 19.1. The average Bonchev–Trinajstić information content (AvgIpc) is 2.25. The zero-order valence-electron chi connectivity index (χ0n) is 8.39. The van der Waals surface area contributed by atoms with Gasteiger partial charge in [-0.2, -0.15) is 0 Å². The molecule has 1 saturated heterocycles. The first kappa shape index (κ1) is 10.4. The number of para-hydroxylation sites is 1. The summed E-state index contributed by atoms with van der Waals surface area (Å²) in [5.41, 5.74) is -0.00815. The fourth-order valence-corrected chi connectivity index (χ4v) is 1.81. The lowest BCUT2D eigenvalue weighted by molar-refractivity contribution is 0.474. The van der Waals surface area contributed by atoms with Crippen molar-refractivity contribution in [3.63, 3.8) is 0 Å². The van der Waals surface area contributed by atoms with Crippen LogP contribution in [0.3, 0.4) is 0 Å². The third kappa shape index (κ3) is 2.45. The van der Waals surface area contributed by atoms with Gasteiger partial charge in [0.05, 0.1) is 0 Å². The van der Waals surface area contributed by atoms with E-state index in [0.29, 0.717) is 0 Å². The van der Waals surface area contributed by atoms with Gasteiger partial charge in [0.1, 0.15) is 17.3 Å². The van der Waals surface area contributed by atoms with Crippen molar-refractivity contribution >= 4 is 5.69 Å². The molecule has 1 fully saturated rings. The molecule has 0 saturated carbocycles. The lowest BCUT2D eigenvalue weighted by atomic mass is 10.1. The van der Waals surface area contributed by atoms with Crippen LogP contribution < -0.4 is 10.6 Å². The molecule has 82 valence electrons. The standard InChI is InChI=1S/C11H14F2N2/c12-9-4-1-5-10(13)11(9)15-8-3-2-6-14-7-8/h1,4-5,8,14-15H,2-3,6-7H2. The van der Waals surface area contributed by atoms with Crippen molar-refractivity contribution < 1.29 is 8.78 Å². The fourth-order valence-electron chi connectivity index (χ4n) is 1.81. The van der Waals surface area contributed by atoms with Gasteiger partial charge in [-0.25, -0.2) is 8.78 Å². The van der Waals surface area contributed by atoms with Crippen LogP contribution in [0.4, 0.5) is 14.5 Å². The minimum atomic E-state index is -0.527. The van der Waals surface area contributed by atoms with Crippen molar-refractivity contribution in [2.24, 2.45) is 0 Å². The van der Waals surface area contributed by atoms with Crippen molar-refractivity contribution in [1.82, 2.24) is 5.32 Å². The van der Waals surface area contributed by atoms with Gasteiger partial charge in [0.25, 0.3) is 0 Å². The molecule has 0 amide bonds. The van der Waals surface area contributed by atoms with Gasteiger partial charge in [-0.15, -0.1) is 0 Å². The van der Waals surface area contributed by atoms with E-state index in [1.54, 1.807) is 0 Å². The maximum absolute atomic E-state index is 13.3. The van der Waals surface area contributed by atoms with Crippen molar-refractivity contribution in [3.05, 3.63) is 29.8 Å². The minimum absolute atomic E-state index is 0.00815. The Bertz CT molecular complexity index is 315. The van der Waals surface area contributed by atoms with Crippen molar-refractivity contribution in [2.45, 2.75) is 18.9 Å². The van der Waals surface area contributed by atoms with Gasteiger partial charge in [0, 0.05) is 12.6 Å². The lowest BCUT2D eigenvalue weighted by Gasteiger charge is -2.25. The monoisotopic (exact) mass is 212 g/mol. The van der Waals surface area contributed by atoms with Crippen LogP contribution >= 0.6 is 0 Å². The van der Waals surface area contributed by atoms with Gasteiger partial charge in [-0.05, 0) is 31.5 Å². The van der Waals surface area contributed by atoms with Gasteiger partial charge in [0.2, 0.25) is 0 Å². The topological polar surface area (TPSA) is 24.1 Å². The zero-order valence-corrected chi connectivity index (χ0v) is 8.39. The Kier molecular flexibility index (Phi) is 3.16. The first-order chi connectivity index (χ1) is 7.27. The van der Waals surface area contributed by atoms with E-state index in [-0.39, 0.29) is 11.7 Å². The third-order valence-electron chi connectivity index (χ3n) is 2.61. The van der Waals surface area contributed by atoms with Crippen LogP contribution in [-0.2, 0) is 0 Å². The molecule has 0 spiro atoms. The van der Waals surface area contributed by atoms with Gasteiger partial charge in [-0.3, -0.25) is 0 Å². The predicted molar refractivity (Wildman–Crippen MR) is 55.9 cm³/mol. The van der Waals surface area contributed by atoms with Crippen molar-refractivity contribution in [1.29, 1.82) is 0 Å². The van der Waals surface area contributed by atoms with E-state index in [9.17, 15) is 8.78 Å². The number of hydrogen-bond acceptors (Lipinski definition) is 2. The Morgan fingerprint density at radius 2 is 2.00 bits per heavy atom. The number of benzene rings is 1. The summed E-state index contributed by atoms with van der Waals surface area (Å²) < 4.78 is 26.6. The Balaban J connectivity index is 2.09. The number of hydrogen-bond donors (Lipinski definition) is 2. The summed E-state index contributed by atoms with van der Waals surface area (Å²) in [4.78, 5) is 0. The fraction of sp³-hybridized carbons (Fsp3) is 0.455. The summed E-state index contributed by atoms with van der Waals surface area (Å²) >= 11 is 0. The van der Waals surface area contributed by atoms with E-state index in [4.69, 9.17) is 0 Å². The zero-order chi connectivity index (χ0) is 10.7. The maximum Gasteiger partial charge on any atom is 0.149 e. The number of nitrogens with one attached hydrogen (secondary N) is 2. The van der Waals surface area contributed by atoms with Gasteiger partial charge < -0.3 is 10.6 Å². The van der Waals surface area contributed by atoms with Crippen LogP contribution in [0.5, 0.6) is 0 Å². The normalized spacial score (nSPS) is 21.3. The number of halogens is 2. The highest BCUT2D eigenvalue weighted by molar-refractivity contribution is 5.47. The highest BCUT2D eigenvalue weighted by Crippen LogP contribution is 2.20. The first-order valence-corrected chi connectivity index (χ1v) is 5.18. The second kappa shape index (κ2) is 4.57. The summed E-state index contributed by atoms with van der Waals surface area (Å²) in [5, 5.41) is 6.09. The molecule has 0 radical (unpaired) electrons. The molecule has 1 aliphatic heterocycles. The number of anilines is 1. The van der Waals surface area contributed by atoms with E-state index in [1.807, 2.05) is 0 Å². The molecular formula is C11H14F2N2. The molecule has 2 nitrogen and oxygen atoms in total. The molecule has 2 rings (SSSR count). The number of rotatable bonds is 2. The molecule has 0 bridgehead atoms. The molecule has 1 atom stereocenters. The smallest absolute Gasteiger partial charge is 0.149 e. The largest absolute Gasteiger partial charge is 0.376 e. The average molecular weight is 212 g/mol. The van der Waals surface area contributed by atoms with Gasteiger partial charge >= 0.3 is 0 Å². The van der Waals surface area contributed by atoms with E-state index < -0.39 is 11.6 Å². The van der Waals surface area contributed by atoms with Crippen LogP contribution in [0.15, 0.2) is 18.2 Å². The highest BCUT2D eigenvalue weighted by Gasteiger charge is 2.16. The molecular weight excluding hydrogens is 198 g/mol. The van der Waals surface area contributed by atoms with Crippen LogP contribution in [0, 0.1) is 11.6 Å². The summed E-state index contributed by atoms with van der Waals surface area (Å²) in [6.07, 6.45) is 1.98. The molecule has 1 aromatic rings. The summed E-state index contributed by atoms with van der Waals surface area (Å²) in [5.74, 6) is -1.05. The summed E-state index contributed by atoms with van der Waals surface area (Å²) in [6, 6.07) is 4.02. The summed E-state index contributed by atoms with van der Waals surface area (Å²) in [7, 11) is 0. The van der Waals surface area contributed by atoms with Crippen molar-refractivity contribution in [3.8, 4) is 0 Å². The number of piperidine rings is 1. The van der Waals surface area contributed by atoms with Crippen LogP contribution in [0.25, 0.3) is 0 Å². The van der Waals surface area contributed by atoms with E-state index in [0.717, 1.165) is 25.9 Å². The van der Waals surface area contributed by atoms with E-state index in [2.05, 4.69) is 10.6 Å². The van der Waals surface area contributed by atoms with Gasteiger partial charge in [-0.1, -0.05) is 6.07 Å². The molecule has 0 aliphatic carbocycles. The molecule has 1 aromatic carbocycles. The van der Waals surface area contributed by atoms with Gasteiger partial charge in [0.15, 0.2) is 0 Å². The first-order valence-electron chi connectivity index (χ1n) is 5.18. The van der Waals surface area contributed by atoms with Crippen LogP contribution in [-0.4, -0.2) is 19.1 Å². The Labute approximate surface area is 87.7 Å². The molecule has 1 unspecified atom stereocenters. The molecule has 15 heavy (non-hydrogen) atoms. The van der Waals surface area contributed by atoms with Crippen LogP contribution in [0.1, 0.15) is 12.8 Å². The quantitative estimate of drug-likeness (QED) is 0.784. The van der Waals surface area contributed by atoms with E-state index >= 15 is 0 Å². The Morgan fingerprint density at radius 1 is 1.27 bits per heavy atom. The maximum atomic E-state index is 13.3. The molecule has 2 N–H and O–H groups in total. The van der Waals surface area contributed by atoms with Crippen molar-refractivity contribution in [2.75, 3.05) is 18.4 Å². The SMILES string of the molecule is Fc1cccc(F)c1NC1CCCNC1. The molecule has 1 aliphatic rings. The van der Waals surface area contributed by atoms with E-state index in [1.165, 1.54) is 18.2 Å².